The van der Waals surface area contributed by atoms with Crippen LogP contribution in [-0.4, -0.2) is 65.7 Å². The van der Waals surface area contributed by atoms with Gasteiger partial charge in [-0.1, -0.05) is 13.8 Å². The Balaban J connectivity index is 1.25. The quantitative estimate of drug-likeness (QED) is 0.397. The number of hydrogen-bond acceptors (Lipinski definition) is 8. The second-order valence-electron chi connectivity index (χ2n) is 9.53. The van der Waals surface area contributed by atoms with Crippen molar-refractivity contribution in [2.75, 3.05) is 25.0 Å². The number of rotatable bonds is 8. The standard InChI is InChI=1S/C26H32N8O/c1-18(2)19-13-26(32-28-15-19)31-25-5-4-23-24(30-25)12-20(14-27-23)21-16-29-34(17-21)9-3-8-33-10-6-22(35)7-11-33/h4-5,12-18,22,35H,3,6-11H2,1-2H3,(H,30,31,32). The molecule has 9 nitrogen and oxygen atoms in total. The lowest BCUT2D eigenvalue weighted by atomic mass is 10.1. The van der Waals surface area contributed by atoms with Crippen LogP contribution in [0.25, 0.3) is 22.2 Å². The maximum Gasteiger partial charge on any atom is 0.154 e. The zero-order chi connectivity index (χ0) is 24.2. The second-order valence-corrected chi connectivity index (χ2v) is 9.53. The van der Waals surface area contributed by atoms with E-state index in [9.17, 15) is 5.11 Å². The van der Waals surface area contributed by atoms with Crippen LogP contribution in [0.4, 0.5) is 11.6 Å². The summed E-state index contributed by atoms with van der Waals surface area (Å²) in [6.07, 6.45) is 10.3. The van der Waals surface area contributed by atoms with E-state index in [1.807, 2.05) is 41.3 Å². The first-order valence-corrected chi connectivity index (χ1v) is 12.3. The van der Waals surface area contributed by atoms with Gasteiger partial charge in [-0.05, 0) is 61.6 Å². The molecular formula is C26H32N8O. The van der Waals surface area contributed by atoms with Crippen molar-refractivity contribution in [3.8, 4) is 11.1 Å². The van der Waals surface area contributed by atoms with Crippen LogP contribution in [0.1, 0.15) is 44.6 Å². The molecule has 0 bridgehead atoms. The lowest BCUT2D eigenvalue weighted by Crippen LogP contribution is -2.36. The van der Waals surface area contributed by atoms with Crippen LogP contribution in [-0.2, 0) is 6.54 Å². The van der Waals surface area contributed by atoms with Gasteiger partial charge in [0.1, 0.15) is 5.82 Å². The van der Waals surface area contributed by atoms with Crippen LogP contribution in [0.5, 0.6) is 0 Å². The van der Waals surface area contributed by atoms with Crippen molar-refractivity contribution in [3.63, 3.8) is 0 Å². The minimum atomic E-state index is -0.124. The zero-order valence-electron chi connectivity index (χ0n) is 20.3. The first-order valence-electron chi connectivity index (χ1n) is 12.3. The molecular weight excluding hydrogens is 440 g/mol. The van der Waals surface area contributed by atoms with Gasteiger partial charge in [-0.2, -0.15) is 10.2 Å². The average molecular weight is 473 g/mol. The molecule has 182 valence electrons. The van der Waals surface area contributed by atoms with E-state index >= 15 is 0 Å². The van der Waals surface area contributed by atoms with Crippen LogP contribution in [0, 0.1) is 0 Å². The molecule has 9 heteroatoms. The Bertz CT molecular complexity index is 1280. The number of aliphatic hydroxyl groups excluding tert-OH is 1. The highest BCUT2D eigenvalue weighted by Gasteiger charge is 2.16. The van der Waals surface area contributed by atoms with Gasteiger partial charge in [0.25, 0.3) is 0 Å². The molecule has 1 fully saturated rings. The van der Waals surface area contributed by atoms with Crippen molar-refractivity contribution in [2.24, 2.45) is 0 Å². The summed E-state index contributed by atoms with van der Waals surface area (Å²) in [4.78, 5) is 11.8. The smallest absolute Gasteiger partial charge is 0.154 e. The van der Waals surface area contributed by atoms with Gasteiger partial charge in [0.2, 0.25) is 0 Å². The first-order chi connectivity index (χ1) is 17.0. The van der Waals surface area contributed by atoms with Crippen molar-refractivity contribution < 1.29 is 5.11 Å². The SMILES string of the molecule is CC(C)c1cnnc(Nc2ccc3ncc(-c4cnn(CCCN5CCC(O)CC5)c4)cc3n2)c1. The maximum atomic E-state index is 9.66. The van der Waals surface area contributed by atoms with E-state index in [-0.39, 0.29) is 6.10 Å². The van der Waals surface area contributed by atoms with Crippen LogP contribution >= 0.6 is 0 Å². The van der Waals surface area contributed by atoms with Crippen LogP contribution in [0.2, 0.25) is 0 Å². The van der Waals surface area contributed by atoms with E-state index in [1.165, 1.54) is 0 Å². The number of aromatic nitrogens is 6. The maximum absolute atomic E-state index is 9.66. The molecule has 4 aromatic rings. The molecule has 2 N–H and O–H groups in total. The minimum Gasteiger partial charge on any atom is -0.393 e. The van der Waals surface area contributed by atoms with Crippen LogP contribution < -0.4 is 5.32 Å². The number of aryl methyl sites for hydroxylation is 1. The van der Waals surface area contributed by atoms with Crippen LogP contribution in [0.15, 0.2) is 49.1 Å². The van der Waals surface area contributed by atoms with Crippen molar-refractivity contribution in [2.45, 2.75) is 51.7 Å². The Hall–Kier alpha value is -3.43. The lowest BCUT2D eigenvalue weighted by molar-refractivity contribution is 0.0814. The third kappa shape index (κ3) is 5.80. The minimum absolute atomic E-state index is 0.124. The highest BCUT2D eigenvalue weighted by Crippen LogP contribution is 2.24. The fourth-order valence-electron chi connectivity index (χ4n) is 4.36. The summed E-state index contributed by atoms with van der Waals surface area (Å²) in [5, 5.41) is 25.7. The second kappa shape index (κ2) is 10.5. The number of likely N-dealkylation sites (tertiary alicyclic amines) is 1. The summed E-state index contributed by atoms with van der Waals surface area (Å²) in [7, 11) is 0. The molecule has 5 rings (SSSR count). The van der Waals surface area contributed by atoms with Gasteiger partial charge in [0.05, 0.1) is 29.5 Å². The number of hydrogen-bond donors (Lipinski definition) is 2. The molecule has 0 radical (unpaired) electrons. The summed E-state index contributed by atoms with van der Waals surface area (Å²) in [6, 6.07) is 7.91. The fourth-order valence-corrected chi connectivity index (χ4v) is 4.36. The van der Waals surface area contributed by atoms with Crippen molar-refractivity contribution in [1.82, 2.24) is 34.8 Å². The molecule has 0 aromatic carbocycles. The molecule has 0 unspecified atom stereocenters. The molecule has 1 aliphatic rings. The third-order valence-electron chi connectivity index (χ3n) is 6.52. The average Bonchev–Trinajstić information content (AvgIpc) is 3.34. The molecule has 0 spiro atoms. The Kier molecular flexibility index (Phi) is 6.96. The normalized spacial score (nSPS) is 15.2. The highest BCUT2D eigenvalue weighted by molar-refractivity contribution is 5.81. The van der Waals surface area contributed by atoms with Gasteiger partial charge >= 0.3 is 0 Å². The third-order valence-corrected chi connectivity index (χ3v) is 6.52. The van der Waals surface area contributed by atoms with Crippen molar-refractivity contribution in [3.05, 3.63) is 54.6 Å². The molecule has 5 heterocycles. The molecule has 1 aliphatic heterocycles. The molecule has 35 heavy (non-hydrogen) atoms. The fraction of sp³-hybridized carbons (Fsp3) is 0.423. The van der Waals surface area contributed by atoms with Crippen molar-refractivity contribution in [1.29, 1.82) is 0 Å². The van der Waals surface area contributed by atoms with E-state index in [2.05, 4.69) is 50.5 Å². The molecule has 1 saturated heterocycles. The van der Waals surface area contributed by atoms with E-state index in [4.69, 9.17) is 4.98 Å². The van der Waals surface area contributed by atoms with Gasteiger partial charge in [-0.25, -0.2) is 4.98 Å². The summed E-state index contributed by atoms with van der Waals surface area (Å²) in [5.74, 6) is 1.75. The number of aliphatic hydroxyl groups is 1. The van der Waals surface area contributed by atoms with Gasteiger partial charge in [-0.15, -0.1) is 5.10 Å². The monoisotopic (exact) mass is 472 g/mol. The van der Waals surface area contributed by atoms with Gasteiger partial charge in [0, 0.05) is 43.2 Å². The number of nitrogens with zero attached hydrogens (tertiary/aromatic N) is 7. The van der Waals surface area contributed by atoms with Crippen LogP contribution in [0.3, 0.4) is 0 Å². The predicted octanol–water partition coefficient (Wildman–Crippen LogP) is 4.00. The van der Waals surface area contributed by atoms with E-state index in [0.29, 0.717) is 17.6 Å². The number of pyridine rings is 2. The summed E-state index contributed by atoms with van der Waals surface area (Å²) < 4.78 is 1.99. The van der Waals surface area contributed by atoms with Crippen molar-refractivity contribution >= 4 is 22.7 Å². The van der Waals surface area contributed by atoms with E-state index < -0.39 is 0 Å². The Morgan fingerprint density at radius 2 is 1.86 bits per heavy atom. The molecule has 0 atom stereocenters. The Morgan fingerprint density at radius 1 is 1.00 bits per heavy atom. The van der Waals surface area contributed by atoms with E-state index in [1.54, 1.807) is 6.20 Å². The van der Waals surface area contributed by atoms with E-state index in [0.717, 1.165) is 73.2 Å². The Morgan fingerprint density at radius 3 is 2.69 bits per heavy atom. The van der Waals surface area contributed by atoms with Gasteiger partial charge in [-0.3, -0.25) is 9.67 Å². The molecule has 0 amide bonds. The highest BCUT2D eigenvalue weighted by atomic mass is 16.3. The Labute approximate surface area is 205 Å². The van der Waals surface area contributed by atoms with Gasteiger partial charge in [0.15, 0.2) is 5.82 Å². The molecule has 4 aromatic heterocycles. The summed E-state index contributed by atoms with van der Waals surface area (Å²) in [6.45, 7) is 8.12. The summed E-state index contributed by atoms with van der Waals surface area (Å²) >= 11 is 0. The van der Waals surface area contributed by atoms with Gasteiger partial charge < -0.3 is 15.3 Å². The first kappa shape index (κ1) is 23.3. The molecule has 0 saturated carbocycles. The predicted molar refractivity (Wildman–Crippen MR) is 136 cm³/mol. The lowest BCUT2D eigenvalue weighted by Gasteiger charge is -2.29. The topological polar surface area (TPSA) is 105 Å². The zero-order valence-corrected chi connectivity index (χ0v) is 20.3. The number of fused-ring (bicyclic) bond motifs is 1. The number of anilines is 2. The summed E-state index contributed by atoms with van der Waals surface area (Å²) in [5.41, 5.74) is 4.77. The largest absolute Gasteiger partial charge is 0.393 e. The number of nitrogens with one attached hydrogen (secondary N) is 1. The molecule has 0 aliphatic carbocycles. The number of piperidine rings is 1.